The molecular weight excluding hydrogens is 340 g/mol. The summed E-state index contributed by atoms with van der Waals surface area (Å²) < 4.78 is 30.2. The van der Waals surface area contributed by atoms with Gasteiger partial charge in [-0.3, -0.25) is 4.18 Å². The fourth-order valence-electron chi connectivity index (χ4n) is 3.64. The molecule has 0 spiro atoms. The predicted octanol–water partition coefficient (Wildman–Crippen LogP) is 3.51. The van der Waals surface area contributed by atoms with Gasteiger partial charge in [-0.25, -0.2) is 0 Å². The lowest BCUT2D eigenvalue weighted by Gasteiger charge is -2.27. The first kappa shape index (κ1) is 14.5. The summed E-state index contributed by atoms with van der Waals surface area (Å²) in [6.07, 6.45) is 3.08. The Morgan fingerprint density at radius 2 is 1.90 bits per heavy atom. The minimum atomic E-state index is -3.63. The number of aryl methyl sites for hydroxylation is 1. The topological polar surface area (TPSA) is 43.4 Å². The fraction of sp³-hybridized carbons (Fsp3) is 0.600. The second kappa shape index (κ2) is 5.43. The first-order chi connectivity index (χ1) is 9.49. The highest BCUT2D eigenvalue weighted by molar-refractivity contribution is 9.09. The summed E-state index contributed by atoms with van der Waals surface area (Å²) in [6, 6.07) is 6.86. The average Bonchev–Trinajstić information content (AvgIpc) is 2.97. The van der Waals surface area contributed by atoms with Gasteiger partial charge in [-0.05, 0) is 56.1 Å². The molecule has 0 heterocycles. The molecule has 2 aliphatic carbocycles. The van der Waals surface area contributed by atoms with Crippen LogP contribution in [-0.4, -0.2) is 19.9 Å². The van der Waals surface area contributed by atoms with E-state index in [-0.39, 0.29) is 11.0 Å². The Morgan fingerprint density at radius 3 is 2.50 bits per heavy atom. The van der Waals surface area contributed by atoms with Gasteiger partial charge in [0.15, 0.2) is 0 Å². The predicted molar refractivity (Wildman–Crippen MR) is 81.4 cm³/mol. The minimum absolute atomic E-state index is 0.136. The van der Waals surface area contributed by atoms with E-state index >= 15 is 0 Å². The van der Waals surface area contributed by atoms with Crippen LogP contribution >= 0.6 is 15.9 Å². The number of fused-ring (bicyclic) bond motifs is 2. The maximum atomic E-state index is 12.3. The van der Waals surface area contributed by atoms with Crippen LogP contribution in [0.4, 0.5) is 0 Å². The normalized spacial score (nSPS) is 32.7. The van der Waals surface area contributed by atoms with Gasteiger partial charge in [-0.2, -0.15) is 8.42 Å². The molecule has 2 fully saturated rings. The number of benzene rings is 1. The third-order valence-corrected chi connectivity index (χ3v) is 6.83. The average molecular weight is 359 g/mol. The van der Waals surface area contributed by atoms with E-state index in [9.17, 15) is 8.42 Å². The Balaban J connectivity index is 1.76. The van der Waals surface area contributed by atoms with E-state index in [0.29, 0.717) is 17.8 Å². The second-order valence-electron chi connectivity index (χ2n) is 6.05. The van der Waals surface area contributed by atoms with Crippen LogP contribution in [0.1, 0.15) is 24.8 Å². The molecule has 2 aliphatic rings. The summed E-state index contributed by atoms with van der Waals surface area (Å²) in [4.78, 5) is 0.265. The molecule has 2 saturated carbocycles. The van der Waals surface area contributed by atoms with Crippen molar-refractivity contribution >= 4 is 26.0 Å². The molecular formula is C15H19BrO3S. The van der Waals surface area contributed by atoms with Crippen LogP contribution in [0.5, 0.6) is 0 Å². The molecule has 0 saturated heterocycles. The zero-order chi connectivity index (χ0) is 14.3. The highest BCUT2D eigenvalue weighted by Crippen LogP contribution is 2.50. The summed E-state index contributed by atoms with van der Waals surface area (Å²) in [5.74, 6) is 1.59. The molecule has 5 heteroatoms. The van der Waals surface area contributed by atoms with Crippen molar-refractivity contribution in [3.05, 3.63) is 29.8 Å². The van der Waals surface area contributed by atoms with Crippen LogP contribution in [0.2, 0.25) is 0 Å². The van der Waals surface area contributed by atoms with Gasteiger partial charge in [0.2, 0.25) is 0 Å². The third-order valence-electron chi connectivity index (χ3n) is 4.65. The largest absolute Gasteiger partial charge is 0.297 e. The van der Waals surface area contributed by atoms with E-state index in [2.05, 4.69) is 15.9 Å². The van der Waals surface area contributed by atoms with Gasteiger partial charge in [-0.1, -0.05) is 33.6 Å². The highest BCUT2D eigenvalue weighted by atomic mass is 79.9. The van der Waals surface area contributed by atoms with Gasteiger partial charge in [0.05, 0.1) is 11.0 Å². The molecule has 0 aliphatic heterocycles. The van der Waals surface area contributed by atoms with Crippen molar-refractivity contribution in [2.45, 2.75) is 37.2 Å². The van der Waals surface area contributed by atoms with Crippen LogP contribution in [-0.2, 0) is 14.3 Å². The number of rotatable bonds is 4. The molecule has 3 nitrogen and oxygen atoms in total. The van der Waals surface area contributed by atoms with Crippen molar-refractivity contribution < 1.29 is 12.6 Å². The molecule has 1 aromatic carbocycles. The number of alkyl halides is 1. The minimum Gasteiger partial charge on any atom is -0.263 e. The quantitative estimate of drug-likeness (QED) is 0.610. The Hall–Kier alpha value is -0.390. The van der Waals surface area contributed by atoms with Crippen LogP contribution < -0.4 is 0 Å². The molecule has 4 atom stereocenters. The molecule has 110 valence electrons. The van der Waals surface area contributed by atoms with Crippen LogP contribution in [0.15, 0.2) is 29.2 Å². The number of hydrogen-bond acceptors (Lipinski definition) is 3. The van der Waals surface area contributed by atoms with Crippen LogP contribution in [0, 0.1) is 24.7 Å². The van der Waals surface area contributed by atoms with E-state index < -0.39 is 10.1 Å². The van der Waals surface area contributed by atoms with E-state index in [0.717, 1.165) is 23.7 Å². The van der Waals surface area contributed by atoms with Gasteiger partial charge in [0, 0.05) is 5.33 Å². The van der Waals surface area contributed by atoms with Gasteiger partial charge >= 0.3 is 0 Å². The summed E-state index contributed by atoms with van der Waals surface area (Å²) in [5.41, 5.74) is 1.04. The molecule has 20 heavy (non-hydrogen) atoms. The van der Waals surface area contributed by atoms with E-state index in [1.807, 2.05) is 6.92 Å². The second-order valence-corrected chi connectivity index (χ2v) is 8.27. The van der Waals surface area contributed by atoms with Gasteiger partial charge < -0.3 is 0 Å². The summed E-state index contributed by atoms with van der Waals surface area (Å²) in [7, 11) is -3.63. The first-order valence-corrected chi connectivity index (χ1v) is 9.58. The molecule has 0 radical (unpaired) electrons. The summed E-state index contributed by atoms with van der Waals surface area (Å²) in [6.45, 7) is 1.94. The highest BCUT2D eigenvalue weighted by Gasteiger charge is 2.47. The van der Waals surface area contributed by atoms with Crippen molar-refractivity contribution in [3.8, 4) is 0 Å². The van der Waals surface area contributed by atoms with Crippen molar-refractivity contribution in [3.63, 3.8) is 0 Å². The smallest absolute Gasteiger partial charge is 0.263 e. The Morgan fingerprint density at radius 1 is 1.20 bits per heavy atom. The summed E-state index contributed by atoms with van der Waals surface area (Å²) in [5, 5.41) is 0.943. The maximum Gasteiger partial charge on any atom is 0.297 e. The van der Waals surface area contributed by atoms with Crippen LogP contribution in [0.25, 0.3) is 0 Å². The lowest BCUT2D eigenvalue weighted by Crippen LogP contribution is -2.30. The monoisotopic (exact) mass is 358 g/mol. The standard InChI is InChI=1S/C15H19BrO3S/c1-10-2-4-13(5-3-10)20(17,18)19-15-8-11-6-12(9-16)14(15)7-11/h2-5,11-12,14-15H,6-9H2,1H3/t11-,12+,14-,15+/m0/s1. The molecule has 0 N–H and O–H groups in total. The molecule has 0 amide bonds. The van der Waals surface area contributed by atoms with E-state index in [4.69, 9.17) is 4.18 Å². The molecule has 1 aromatic rings. The van der Waals surface area contributed by atoms with Gasteiger partial charge in [0.25, 0.3) is 10.1 Å². The number of halogens is 1. The van der Waals surface area contributed by atoms with Crippen LogP contribution in [0.3, 0.4) is 0 Å². The zero-order valence-corrected chi connectivity index (χ0v) is 13.9. The van der Waals surface area contributed by atoms with Crippen molar-refractivity contribution in [2.24, 2.45) is 17.8 Å². The number of hydrogen-bond donors (Lipinski definition) is 0. The zero-order valence-electron chi connectivity index (χ0n) is 11.5. The summed E-state index contributed by atoms with van der Waals surface area (Å²) >= 11 is 3.53. The Bertz CT molecular complexity index is 582. The van der Waals surface area contributed by atoms with E-state index in [1.165, 1.54) is 6.42 Å². The first-order valence-electron chi connectivity index (χ1n) is 7.05. The third kappa shape index (κ3) is 2.68. The fourth-order valence-corrected chi connectivity index (χ4v) is 5.51. The SMILES string of the molecule is Cc1ccc(S(=O)(=O)O[C@@H]2C[C@H]3C[C@H](CBr)[C@@H]2C3)cc1. The molecule has 3 rings (SSSR count). The van der Waals surface area contributed by atoms with Crippen molar-refractivity contribution in [1.82, 2.24) is 0 Å². The molecule has 0 unspecified atom stereocenters. The van der Waals surface area contributed by atoms with Gasteiger partial charge in [-0.15, -0.1) is 0 Å². The van der Waals surface area contributed by atoms with Crippen molar-refractivity contribution in [1.29, 1.82) is 0 Å². The lowest BCUT2D eigenvalue weighted by molar-refractivity contribution is 0.117. The molecule has 2 bridgehead atoms. The van der Waals surface area contributed by atoms with Gasteiger partial charge in [0.1, 0.15) is 0 Å². The van der Waals surface area contributed by atoms with Crippen molar-refractivity contribution in [2.75, 3.05) is 5.33 Å². The van der Waals surface area contributed by atoms with E-state index in [1.54, 1.807) is 24.3 Å². The molecule has 0 aromatic heterocycles. The maximum absolute atomic E-state index is 12.3. The Kier molecular flexibility index (Phi) is 3.95. The Labute approximate surface area is 129 Å². The lowest BCUT2D eigenvalue weighted by atomic mass is 9.88.